The van der Waals surface area contributed by atoms with Crippen molar-refractivity contribution in [3.05, 3.63) is 82.0 Å². The number of rotatable bonds is 7. The molecular weight excluding hydrogens is 450 g/mol. The minimum Gasteiger partial charge on any atom is -0.483 e. The molecule has 0 spiro atoms. The second-order valence-corrected chi connectivity index (χ2v) is 8.84. The third-order valence-corrected chi connectivity index (χ3v) is 6.40. The number of aryl methyl sites for hydroxylation is 2. The Morgan fingerprint density at radius 3 is 2.56 bits per heavy atom. The van der Waals surface area contributed by atoms with Gasteiger partial charge in [-0.3, -0.25) is 4.79 Å². The van der Waals surface area contributed by atoms with Crippen LogP contribution >= 0.6 is 11.8 Å². The molecule has 2 aromatic carbocycles. The summed E-state index contributed by atoms with van der Waals surface area (Å²) in [6.07, 6.45) is 1.89. The zero-order chi connectivity index (χ0) is 24.2. The number of amides is 1. The van der Waals surface area contributed by atoms with E-state index in [1.807, 2.05) is 73.7 Å². The van der Waals surface area contributed by atoms with E-state index in [-0.39, 0.29) is 19.1 Å². The predicted octanol–water partition coefficient (Wildman–Crippen LogP) is 5.09. The largest absolute Gasteiger partial charge is 0.483 e. The van der Waals surface area contributed by atoms with E-state index < -0.39 is 12.0 Å². The average molecular weight is 478 g/mol. The van der Waals surface area contributed by atoms with Crippen LogP contribution in [0.2, 0.25) is 0 Å². The number of allylic oxidation sites excluding steroid dienone is 1. The summed E-state index contributed by atoms with van der Waals surface area (Å²) in [6, 6.07) is 12.8. The number of amidine groups is 1. The first-order chi connectivity index (χ1) is 16.4. The first kappa shape index (κ1) is 23.6. The molecule has 2 aromatic rings. The lowest BCUT2D eigenvalue weighted by Crippen LogP contribution is -2.34. The van der Waals surface area contributed by atoms with Gasteiger partial charge in [0.15, 0.2) is 11.8 Å². The Labute approximate surface area is 203 Å². The number of para-hydroxylation sites is 2. The Hall–Kier alpha value is -3.52. The highest BCUT2D eigenvalue weighted by Gasteiger charge is 2.38. The van der Waals surface area contributed by atoms with Crippen LogP contribution in [0.5, 0.6) is 5.75 Å². The quantitative estimate of drug-likeness (QED) is 0.560. The van der Waals surface area contributed by atoms with E-state index in [1.54, 1.807) is 13.0 Å². The van der Waals surface area contributed by atoms with Crippen LogP contribution in [0.15, 0.2) is 70.3 Å². The van der Waals surface area contributed by atoms with Crippen LogP contribution in [0.25, 0.3) is 0 Å². The summed E-state index contributed by atoms with van der Waals surface area (Å²) < 4.78 is 11.3. The van der Waals surface area contributed by atoms with Crippen molar-refractivity contribution >= 4 is 34.5 Å². The van der Waals surface area contributed by atoms with Crippen molar-refractivity contribution in [3.63, 3.8) is 0 Å². The standard InChI is InChI=1S/C26H27N3O4S/c1-5-32-25(31)22-18(4)27-26-29(13-14-34-26)24(22)19-11-6-7-12-20(19)33-15-21(30)28-23-16(2)9-8-10-17(23)3/h6-14,24H,5,15H2,1-4H3,(H,28,30). The van der Waals surface area contributed by atoms with Crippen molar-refractivity contribution in [2.24, 2.45) is 4.99 Å². The van der Waals surface area contributed by atoms with E-state index in [9.17, 15) is 9.59 Å². The summed E-state index contributed by atoms with van der Waals surface area (Å²) in [5.41, 5.74) is 4.58. The fraction of sp³-hybridized carbons (Fsp3) is 0.269. The SMILES string of the molecule is CCOC(=O)C1=C(C)N=C2SC=CN2C1c1ccccc1OCC(=O)Nc1c(C)cccc1C. The number of hydrogen-bond donors (Lipinski definition) is 1. The molecule has 0 radical (unpaired) electrons. The molecule has 0 aromatic heterocycles. The van der Waals surface area contributed by atoms with E-state index >= 15 is 0 Å². The van der Waals surface area contributed by atoms with Gasteiger partial charge in [-0.15, -0.1) is 0 Å². The molecule has 7 nitrogen and oxygen atoms in total. The molecule has 0 saturated carbocycles. The Morgan fingerprint density at radius 1 is 1.09 bits per heavy atom. The van der Waals surface area contributed by atoms with Gasteiger partial charge < -0.3 is 19.7 Å². The van der Waals surface area contributed by atoms with E-state index in [0.29, 0.717) is 17.0 Å². The average Bonchev–Trinajstić information content (AvgIpc) is 3.27. The van der Waals surface area contributed by atoms with Crippen molar-refractivity contribution in [2.45, 2.75) is 33.7 Å². The van der Waals surface area contributed by atoms with Gasteiger partial charge in [0.2, 0.25) is 0 Å². The van der Waals surface area contributed by atoms with Crippen LogP contribution in [-0.4, -0.2) is 35.2 Å². The van der Waals surface area contributed by atoms with Crippen molar-refractivity contribution in [3.8, 4) is 5.75 Å². The summed E-state index contributed by atoms with van der Waals surface area (Å²) in [7, 11) is 0. The number of esters is 1. The van der Waals surface area contributed by atoms with Gasteiger partial charge in [-0.05, 0) is 50.3 Å². The van der Waals surface area contributed by atoms with Crippen LogP contribution < -0.4 is 10.1 Å². The summed E-state index contributed by atoms with van der Waals surface area (Å²) in [4.78, 5) is 32.1. The Kier molecular flexibility index (Phi) is 7.07. The second-order valence-electron chi connectivity index (χ2n) is 7.97. The van der Waals surface area contributed by atoms with Crippen LogP contribution in [0, 0.1) is 13.8 Å². The zero-order valence-electron chi connectivity index (χ0n) is 19.6. The predicted molar refractivity (Wildman–Crippen MR) is 135 cm³/mol. The number of ether oxygens (including phenoxy) is 2. The van der Waals surface area contributed by atoms with Crippen molar-refractivity contribution in [1.29, 1.82) is 0 Å². The number of aliphatic imine (C=N–C) groups is 1. The van der Waals surface area contributed by atoms with Gasteiger partial charge in [0.1, 0.15) is 5.75 Å². The van der Waals surface area contributed by atoms with Crippen LogP contribution in [-0.2, 0) is 14.3 Å². The molecule has 0 fully saturated rings. The Morgan fingerprint density at radius 2 is 1.82 bits per heavy atom. The highest BCUT2D eigenvalue weighted by atomic mass is 32.2. The molecule has 8 heteroatoms. The van der Waals surface area contributed by atoms with Crippen molar-refractivity contribution < 1.29 is 19.1 Å². The molecule has 0 aliphatic carbocycles. The van der Waals surface area contributed by atoms with Crippen LogP contribution in [0.1, 0.15) is 36.6 Å². The van der Waals surface area contributed by atoms with Crippen molar-refractivity contribution in [1.82, 2.24) is 4.90 Å². The maximum absolute atomic E-state index is 12.9. The smallest absolute Gasteiger partial charge is 0.338 e. The molecule has 2 aliphatic rings. The lowest BCUT2D eigenvalue weighted by atomic mass is 9.94. The number of anilines is 1. The van der Waals surface area contributed by atoms with Gasteiger partial charge in [-0.25, -0.2) is 9.79 Å². The van der Waals surface area contributed by atoms with Gasteiger partial charge in [0.05, 0.1) is 23.9 Å². The number of nitrogens with one attached hydrogen (secondary N) is 1. The van der Waals surface area contributed by atoms with Gasteiger partial charge >= 0.3 is 5.97 Å². The fourth-order valence-electron chi connectivity index (χ4n) is 4.04. The third kappa shape index (κ3) is 4.72. The maximum Gasteiger partial charge on any atom is 0.338 e. The van der Waals surface area contributed by atoms with Gasteiger partial charge in [-0.2, -0.15) is 0 Å². The van der Waals surface area contributed by atoms with Gasteiger partial charge in [0.25, 0.3) is 5.91 Å². The molecule has 2 heterocycles. The second kappa shape index (κ2) is 10.2. The van der Waals surface area contributed by atoms with Crippen molar-refractivity contribution in [2.75, 3.05) is 18.5 Å². The van der Waals surface area contributed by atoms with E-state index in [0.717, 1.165) is 27.5 Å². The fourth-order valence-corrected chi connectivity index (χ4v) is 4.84. The molecule has 34 heavy (non-hydrogen) atoms. The number of nitrogens with zero attached hydrogens (tertiary/aromatic N) is 2. The minimum atomic E-state index is -0.476. The van der Waals surface area contributed by atoms with E-state index in [2.05, 4.69) is 10.3 Å². The molecule has 2 aliphatic heterocycles. The highest BCUT2D eigenvalue weighted by molar-refractivity contribution is 8.16. The first-order valence-corrected chi connectivity index (χ1v) is 11.9. The normalized spacial score (nSPS) is 16.8. The van der Waals surface area contributed by atoms with Crippen LogP contribution in [0.3, 0.4) is 0 Å². The molecule has 176 valence electrons. The van der Waals surface area contributed by atoms with E-state index in [1.165, 1.54) is 11.8 Å². The van der Waals surface area contributed by atoms with Gasteiger partial charge in [-0.1, -0.05) is 48.2 Å². The topological polar surface area (TPSA) is 80.2 Å². The molecule has 1 atom stereocenters. The van der Waals surface area contributed by atoms with Crippen LogP contribution in [0.4, 0.5) is 5.69 Å². The Balaban J connectivity index is 1.61. The monoisotopic (exact) mass is 477 g/mol. The Bertz CT molecular complexity index is 1200. The van der Waals surface area contributed by atoms with E-state index in [4.69, 9.17) is 9.47 Å². The molecule has 4 rings (SSSR count). The first-order valence-electron chi connectivity index (χ1n) is 11.1. The number of hydrogen-bond acceptors (Lipinski definition) is 7. The number of benzene rings is 2. The zero-order valence-corrected chi connectivity index (χ0v) is 20.4. The lowest BCUT2D eigenvalue weighted by Gasteiger charge is -2.34. The number of fused-ring (bicyclic) bond motifs is 1. The highest BCUT2D eigenvalue weighted by Crippen LogP contribution is 2.43. The summed E-state index contributed by atoms with van der Waals surface area (Å²) in [5, 5.41) is 5.65. The number of thioether (sulfide) groups is 1. The minimum absolute atomic E-state index is 0.166. The molecule has 0 bridgehead atoms. The summed E-state index contributed by atoms with van der Waals surface area (Å²) >= 11 is 1.49. The summed E-state index contributed by atoms with van der Waals surface area (Å²) in [6.45, 7) is 7.59. The molecule has 1 N–H and O–H groups in total. The lowest BCUT2D eigenvalue weighted by molar-refractivity contribution is -0.139. The molecule has 0 saturated heterocycles. The van der Waals surface area contributed by atoms with Gasteiger partial charge in [0, 0.05) is 17.5 Å². The molecular formula is C26H27N3O4S. The summed E-state index contributed by atoms with van der Waals surface area (Å²) in [5.74, 6) is -0.155. The number of carbonyl (C=O) groups is 2. The molecule has 1 unspecified atom stereocenters. The maximum atomic E-state index is 12.9. The third-order valence-electron chi connectivity index (χ3n) is 5.63. The molecule has 1 amide bonds. The number of carbonyl (C=O) groups excluding carboxylic acids is 2.